The van der Waals surface area contributed by atoms with Crippen LogP contribution in [0.4, 0.5) is 0 Å². The van der Waals surface area contributed by atoms with Crippen molar-refractivity contribution in [2.75, 3.05) is 0 Å². The summed E-state index contributed by atoms with van der Waals surface area (Å²) in [4.78, 5) is 37.3. The Labute approximate surface area is 150 Å². The van der Waals surface area contributed by atoms with E-state index in [-0.39, 0.29) is 18.2 Å². The second kappa shape index (κ2) is 6.41. The first-order valence-electron chi connectivity index (χ1n) is 8.18. The number of carbonyl (C=O) groups excluding carboxylic acids is 3. The summed E-state index contributed by atoms with van der Waals surface area (Å²) in [5, 5.41) is 0. The Morgan fingerprint density at radius 3 is 1.96 bits per heavy atom. The van der Waals surface area contributed by atoms with Gasteiger partial charge in [0.05, 0.1) is 5.56 Å². The van der Waals surface area contributed by atoms with Gasteiger partial charge in [-0.15, -0.1) is 0 Å². The lowest BCUT2D eigenvalue weighted by atomic mass is 9.83. The van der Waals surface area contributed by atoms with Crippen LogP contribution in [0.25, 0.3) is 0 Å². The minimum absolute atomic E-state index is 0.0319. The highest BCUT2D eigenvalue weighted by atomic mass is 16.5. The van der Waals surface area contributed by atoms with Crippen molar-refractivity contribution >= 4 is 17.5 Å². The highest BCUT2D eigenvalue weighted by Crippen LogP contribution is 2.28. The monoisotopic (exact) mass is 342 g/mol. The van der Waals surface area contributed by atoms with E-state index in [0.29, 0.717) is 33.4 Å². The van der Waals surface area contributed by atoms with E-state index in [2.05, 4.69) is 0 Å². The van der Waals surface area contributed by atoms with Gasteiger partial charge in [0.2, 0.25) is 0 Å². The number of benzene rings is 3. The predicted octanol–water partition coefficient (Wildman–Crippen LogP) is 3.82. The van der Waals surface area contributed by atoms with Crippen LogP contribution in [0.5, 0.6) is 0 Å². The summed E-state index contributed by atoms with van der Waals surface area (Å²) < 4.78 is 5.30. The van der Waals surface area contributed by atoms with E-state index in [1.807, 2.05) is 6.07 Å². The lowest BCUT2D eigenvalue weighted by molar-refractivity contribution is 0.0472. The summed E-state index contributed by atoms with van der Waals surface area (Å²) in [6, 6.07) is 20.4. The number of fused-ring (bicyclic) bond motifs is 2. The van der Waals surface area contributed by atoms with Gasteiger partial charge in [-0.05, 0) is 29.8 Å². The topological polar surface area (TPSA) is 60.4 Å². The summed E-state index contributed by atoms with van der Waals surface area (Å²) in [5.41, 5.74) is 2.68. The molecule has 1 aliphatic carbocycles. The second-order valence-electron chi connectivity index (χ2n) is 6.03. The fourth-order valence-electron chi connectivity index (χ4n) is 3.04. The normalized spacial score (nSPS) is 12.3. The predicted molar refractivity (Wildman–Crippen MR) is 95.3 cm³/mol. The molecule has 1 aliphatic rings. The molecule has 0 saturated heterocycles. The molecule has 0 spiro atoms. The van der Waals surface area contributed by atoms with E-state index in [1.165, 1.54) is 0 Å². The molecule has 0 fully saturated rings. The molecule has 0 heterocycles. The van der Waals surface area contributed by atoms with Crippen LogP contribution in [0.15, 0.2) is 72.8 Å². The molecule has 0 amide bonds. The second-order valence-corrected chi connectivity index (χ2v) is 6.03. The van der Waals surface area contributed by atoms with Crippen LogP contribution < -0.4 is 0 Å². The Hall–Kier alpha value is -3.53. The van der Waals surface area contributed by atoms with E-state index in [4.69, 9.17) is 4.74 Å². The van der Waals surface area contributed by atoms with Crippen LogP contribution in [0.3, 0.4) is 0 Å². The van der Waals surface area contributed by atoms with E-state index in [9.17, 15) is 14.4 Å². The van der Waals surface area contributed by atoms with Gasteiger partial charge in [-0.2, -0.15) is 0 Å². The third-order valence-electron chi connectivity index (χ3n) is 4.37. The third-order valence-corrected chi connectivity index (χ3v) is 4.37. The highest BCUT2D eigenvalue weighted by molar-refractivity contribution is 6.28. The summed E-state index contributed by atoms with van der Waals surface area (Å²) in [7, 11) is 0. The largest absolute Gasteiger partial charge is 0.457 e. The number of esters is 1. The van der Waals surface area contributed by atoms with Gasteiger partial charge in [-0.25, -0.2) is 4.79 Å². The lowest BCUT2D eigenvalue weighted by Gasteiger charge is -2.18. The van der Waals surface area contributed by atoms with Crippen molar-refractivity contribution in [3.63, 3.8) is 0 Å². The quantitative estimate of drug-likeness (QED) is 0.531. The van der Waals surface area contributed by atoms with Crippen molar-refractivity contribution in [2.45, 2.75) is 6.61 Å². The van der Waals surface area contributed by atoms with Crippen LogP contribution in [0.2, 0.25) is 0 Å². The Kier molecular flexibility index (Phi) is 3.93. The van der Waals surface area contributed by atoms with E-state index >= 15 is 0 Å². The average molecular weight is 342 g/mol. The van der Waals surface area contributed by atoms with Gasteiger partial charge in [0, 0.05) is 22.3 Å². The van der Waals surface area contributed by atoms with Crippen molar-refractivity contribution in [3.8, 4) is 0 Å². The van der Waals surface area contributed by atoms with Gasteiger partial charge in [0.1, 0.15) is 6.61 Å². The van der Waals surface area contributed by atoms with Crippen LogP contribution in [0, 0.1) is 0 Å². The Morgan fingerprint density at radius 1 is 0.692 bits per heavy atom. The van der Waals surface area contributed by atoms with Crippen LogP contribution in [-0.4, -0.2) is 17.5 Å². The molecule has 4 rings (SSSR count). The van der Waals surface area contributed by atoms with E-state index < -0.39 is 5.97 Å². The molecule has 4 nitrogen and oxygen atoms in total. The first kappa shape index (κ1) is 16.0. The zero-order valence-electron chi connectivity index (χ0n) is 13.8. The molecule has 26 heavy (non-hydrogen) atoms. The number of ether oxygens (including phenoxy) is 1. The molecule has 3 aromatic rings. The van der Waals surface area contributed by atoms with Crippen LogP contribution >= 0.6 is 0 Å². The molecule has 0 radical (unpaired) electrons. The summed E-state index contributed by atoms with van der Waals surface area (Å²) in [5.74, 6) is -0.787. The Morgan fingerprint density at radius 2 is 1.27 bits per heavy atom. The minimum atomic E-state index is -0.434. The van der Waals surface area contributed by atoms with Gasteiger partial charge >= 0.3 is 5.97 Å². The Balaban J connectivity index is 1.59. The number of rotatable bonds is 3. The third kappa shape index (κ3) is 2.71. The number of ketones is 2. The fourth-order valence-corrected chi connectivity index (χ4v) is 3.04. The molecule has 0 unspecified atom stereocenters. The zero-order chi connectivity index (χ0) is 18.1. The molecule has 0 saturated carbocycles. The molecule has 0 atom stereocenters. The molecular weight excluding hydrogens is 328 g/mol. The first-order chi connectivity index (χ1) is 12.6. The van der Waals surface area contributed by atoms with Crippen molar-refractivity contribution in [3.05, 3.63) is 106 Å². The van der Waals surface area contributed by atoms with Crippen molar-refractivity contribution in [1.29, 1.82) is 0 Å². The number of hydrogen-bond acceptors (Lipinski definition) is 4. The van der Waals surface area contributed by atoms with Gasteiger partial charge in [-0.3, -0.25) is 9.59 Å². The fraction of sp³-hybridized carbons (Fsp3) is 0.0455. The molecule has 126 valence electrons. The van der Waals surface area contributed by atoms with Crippen molar-refractivity contribution in [1.82, 2.24) is 0 Å². The Bertz CT molecular complexity index is 1040. The first-order valence-corrected chi connectivity index (χ1v) is 8.18. The van der Waals surface area contributed by atoms with Gasteiger partial charge in [-0.1, -0.05) is 48.5 Å². The van der Waals surface area contributed by atoms with Crippen molar-refractivity contribution < 1.29 is 19.1 Å². The maximum Gasteiger partial charge on any atom is 0.338 e. The molecule has 3 aromatic carbocycles. The van der Waals surface area contributed by atoms with E-state index in [1.54, 1.807) is 66.7 Å². The maximum atomic E-state index is 12.7. The molecular formula is C22H14O4. The average Bonchev–Trinajstić information content (AvgIpc) is 2.70. The molecule has 0 aliphatic heterocycles. The zero-order valence-corrected chi connectivity index (χ0v) is 13.8. The van der Waals surface area contributed by atoms with Crippen LogP contribution in [0.1, 0.15) is 47.8 Å². The number of carbonyl (C=O) groups is 3. The van der Waals surface area contributed by atoms with Crippen LogP contribution in [-0.2, 0) is 11.3 Å². The minimum Gasteiger partial charge on any atom is -0.457 e. The summed E-state index contributed by atoms with van der Waals surface area (Å²) in [6.45, 7) is 0.0319. The highest BCUT2D eigenvalue weighted by Gasteiger charge is 2.29. The van der Waals surface area contributed by atoms with Gasteiger partial charge in [0.15, 0.2) is 11.6 Å². The van der Waals surface area contributed by atoms with Gasteiger partial charge < -0.3 is 4.74 Å². The smallest absolute Gasteiger partial charge is 0.338 e. The van der Waals surface area contributed by atoms with E-state index in [0.717, 1.165) is 0 Å². The molecule has 4 heteroatoms. The SMILES string of the molecule is O=C(OCc1ccc2c(c1)C(=O)c1ccccc1C2=O)c1ccccc1. The standard InChI is InChI=1S/C22H14O4/c23-20-16-8-4-5-9-17(16)21(24)19-12-14(10-11-18(19)20)13-26-22(25)15-6-2-1-3-7-15/h1-12H,13H2. The lowest BCUT2D eigenvalue weighted by Crippen LogP contribution is -2.21. The molecule has 0 aromatic heterocycles. The maximum absolute atomic E-state index is 12.7. The van der Waals surface area contributed by atoms with Gasteiger partial charge in [0.25, 0.3) is 0 Å². The summed E-state index contributed by atoms with van der Waals surface area (Å²) in [6.07, 6.45) is 0. The molecule has 0 bridgehead atoms. The number of hydrogen-bond donors (Lipinski definition) is 0. The van der Waals surface area contributed by atoms with Crippen molar-refractivity contribution in [2.24, 2.45) is 0 Å². The summed E-state index contributed by atoms with van der Waals surface area (Å²) >= 11 is 0. The molecule has 0 N–H and O–H groups in total.